The molecule has 6 heteroatoms. The molecule has 0 atom stereocenters. The number of aryl methyl sites for hydroxylation is 1. The monoisotopic (exact) mass is 302 g/mol. The summed E-state index contributed by atoms with van der Waals surface area (Å²) in [6.45, 7) is 1.39. The molecule has 0 saturated heterocycles. The topological polar surface area (TPSA) is 71.2 Å². The Labute approximate surface area is 127 Å². The number of nitrogens with zero attached hydrogens (tertiary/aromatic N) is 2. The van der Waals surface area contributed by atoms with Crippen LogP contribution >= 0.6 is 11.3 Å². The number of aromatic nitrogens is 1. The number of benzene rings is 1. The van der Waals surface area contributed by atoms with Gasteiger partial charge in [-0.05, 0) is 24.0 Å². The van der Waals surface area contributed by atoms with Crippen molar-refractivity contribution in [2.45, 2.75) is 19.4 Å². The lowest BCUT2D eigenvalue weighted by molar-refractivity contribution is 0.0751. The van der Waals surface area contributed by atoms with Crippen LogP contribution in [0.1, 0.15) is 27.2 Å². The van der Waals surface area contributed by atoms with Gasteiger partial charge < -0.3 is 16.0 Å². The lowest BCUT2D eigenvalue weighted by atomic mass is 10.0. The second-order valence-corrected chi connectivity index (χ2v) is 6.08. The largest absolute Gasteiger partial charge is 0.382 e. The fourth-order valence-electron chi connectivity index (χ4n) is 2.61. The maximum absolute atomic E-state index is 12.7. The Morgan fingerprint density at radius 2 is 2.14 bits per heavy atom. The fourth-order valence-corrected chi connectivity index (χ4v) is 3.42. The van der Waals surface area contributed by atoms with E-state index in [9.17, 15) is 4.79 Å². The quantitative estimate of drug-likeness (QED) is 0.893. The van der Waals surface area contributed by atoms with Crippen molar-refractivity contribution in [1.82, 2.24) is 9.88 Å². The van der Waals surface area contributed by atoms with Crippen LogP contribution in [0.15, 0.2) is 24.3 Å². The van der Waals surface area contributed by atoms with E-state index in [1.54, 1.807) is 7.05 Å². The first-order chi connectivity index (χ1) is 10.2. The van der Waals surface area contributed by atoms with E-state index < -0.39 is 0 Å². The number of nitrogens with one attached hydrogen (secondary N) is 1. The molecule has 0 fully saturated rings. The van der Waals surface area contributed by atoms with E-state index in [0.29, 0.717) is 22.4 Å². The summed E-state index contributed by atoms with van der Waals surface area (Å²) in [7, 11) is 1.77. The molecule has 21 heavy (non-hydrogen) atoms. The normalized spacial score (nSPS) is 14.4. The van der Waals surface area contributed by atoms with E-state index in [0.717, 1.165) is 19.4 Å². The molecule has 1 aromatic heterocycles. The Morgan fingerprint density at radius 1 is 1.38 bits per heavy atom. The predicted molar refractivity (Wildman–Crippen MR) is 85.6 cm³/mol. The number of hydrogen-bond donors (Lipinski definition) is 2. The molecular weight excluding hydrogens is 284 g/mol. The van der Waals surface area contributed by atoms with Gasteiger partial charge in [-0.15, -0.1) is 0 Å². The van der Waals surface area contributed by atoms with Gasteiger partial charge in [0.1, 0.15) is 10.7 Å². The molecule has 110 valence electrons. The zero-order valence-electron chi connectivity index (χ0n) is 11.9. The summed E-state index contributed by atoms with van der Waals surface area (Å²) in [5.74, 6) is 0.287. The van der Waals surface area contributed by atoms with Crippen LogP contribution in [0.4, 0.5) is 10.9 Å². The molecule has 0 unspecified atom stereocenters. The van der Waals surface area contributed by atoms with Crippen LogP contribution in [0.3, 0.4) is 0 Å². The number of anilines is 2. The Hall–Kier alpha value is -2.08. The van der Waals surface area contributed by atoms with Gasteiger partial charge in [0.2, 0.25) is 0 Å². The number of amides is 1. The van der Waals surface area contributed by atoms with Crippen LogP contribution in [0.2, 0.25) is 0 Å². The molecule has 1 amide bonds. The molecule has 5 nitrogen and oxygen atoms in total. The molecule has 2 aromatic rings. The third kappa shape index (κ3) is 2.71. The predicted octanol–water partition coefficient (Wildman–Crippen LogP) is 2.36. The van der Waals surface area contributed by atoms with E-state index in [4.69, 9.17) is 5.73 Å². The highest BCUT2D eigenvalue weighted by atomic mass is 32.1. The van der Waals surface area contributed by atoms with E-state index in [1.807, 2.05) is 11.0 Å². The second kappa shape index (κ2) is 5.73. The van der Waals surface area contributed by atoms with Crippen LogP contribution in [0, 0.1) is 0 Å². The third-order valence-electron chi connectivity index (χ3n) is 3.70. The highest BCUT2D eigenvalue weighted by molar-refractivity contribution is 7.18. The smallest absolute Gasteiger partial charge is 0.268 e. The van der Waals surface area contributed by atoms with Crippen molar-refractivity contribution in [3.05, 3.63) is 40.3 Å². The number of hydrogen-bond acceptors (Lipinski definition) is 5. The standard InChI is InChI=1S/C15H18N4OS/c1-17-15-18-13(16)12(21-15)14(20)19-8-4-7-10-5-2-3-6-11(10)9-19/h2-3,5-6H,4,7-9,16H2,1H3,(H,17,18). The van der Waals surface area contributed by atoms with Crippen molar-refractivity contribution in [2.75, 3.05) is 24.6 Å². The molecule has 1 aliphatic heterocycles. The molecule has 0 bridgehead atoms. The van der Waals surface area contributed by atoms with Gasteiger partial charge in [0.25, 0.3) is 5.91 Å². The first-order valence-corrected chi connectivity index (χ1v) is 7.81. The number of carbonyl (C=O) groups excluding carboxylic acids is 1. The third-order valence-corrected chi connectivity index (χ3v) is 4.78. The lowest BCUT2D eigenvalue weighted by Crippen LogP contribution is -2.30. The van der Waals surface area contributed by atoms with Crippen molar-refractivity contribution in [3.63, 3.8) is 0 Å². The summed E-state index contributed by atoms with van der Waals surface area (Å²) in [5.41, 5.74) is 8.43. The molecule has 3 rings (SSSR count). The summed E-state index contributed by atoms with van der Waals surface area (Å²) < 4.78 is 0. The van der Waals surface area contributed by atoms with E-state index in [1.165, 1.54) is 22.5 Å². The molecule has 0 radical (unpaired) electrons. The molecule has 0 saturated carbocycles. The van der Waals surface area contributed by atoms with Crippen molar-refractivity contribution in [2.24, 2.45) is 0 Å². The molecule has 3 N–H and O–H groups in total. The van der Waals surface area contributed by atoms with Crippen LogP contribution < -0.4 is 11.1 Å². The highest BCUT2D eigenvalue weighted by Gasteiger charge is 2.24. The molecular formula is C15H18N4OS. The van der Waals surface area contributed by atoms with Gasteiger partial charge in [0.15, 0.2) is 5.13 Å². The van der Waals surface area contributed by atoms with Crippen molar-refractivity contribution in [3.8, 4) is 0 Å². The average molecular weight is 302 g/mol. The molecule has 0 spiro atoms. The minimum atomic E-state index is -0.0248. The van der Waals surface area contributed by atoms with Gasteiger partial charge in [-0.2, -0.15) is 0 Å². The number of nitrogens with two attached hydrogens (primary N) is 1. The minimum absolute atomic E-state index is 0.0248. The van der Waals surface area contributed by atoms with Gasteiger partial charge >= 0.3 is 0 Å². The second-order valence-electron chi connectivity index (χ2n) is 5.08. The summed E-state index contributed by atoms with van der Waals surface area (Å²) in [5, 5.41) is 3.60. The molecule has 1 aliphatic rings. The summed E-state index contributed by atoms with van der Waals surface area (Å²) in [6, 6.07) is 8.31. The van der Waals surface area contributed by atoms with Crippen LogP contribution in [0.25, 0.3) is 0 Å². The maximum atomic E-state index is 12.7. The van der Waals surface area contributed by atoms with E-state index in [2.05, 4.69) is 28.5 Å². The van der Waals surface area contributed by atoms with E-state index >= 15 is 0 Å². The molecule has 2 heterocycles. The zero-order chi connectivity index (χ0) is 14.8. The maximum Gasteiger partial charge on any atom is 0.268 e. The first-order valence-electron chi connectivity index (χ1n) is 6.99. The average Bonchev–Trinajstić information content (AvgIpc) is 2.75. The summed E-state index contributed by atoms with van der Waals surface area (Å²) in [4.78, 5) is 19.2. The number of thiazole rings is 1. The Balaban J connectivity index is 1.86. The number of fused-ring (bicyclic) bond motifs is 1. The number of carbonyl (C=O) groups is 1. The number of rotatable bonds is 2. The minimum Gasteiger partial charge on any atom is -0.382 e. The first kappa shape index (κ1) is 13.9. The van der Waals surface area contributed by atoms with Crippen molar-refractivity contribution >= 4 is 28.2 Å². The van der Waals surface area contributed by atoms with Gasteiger partial charge in [-0.1, -0.05) is 35.6 Å². The van der Waals surface area contributed by atoms with Crippen LogP contribution in [0.5, 0.6) is 0 Å². The van der Waals surface area contributed by atoms with Gasteiger partial charge in [-0.3, -0.25) is 4.79 Å². The van der Waals surface area contributed by atoms with E-state index in [-0.39, 0.29) is 5.91 Å². The fraction of sp³-hybridized carbons (Fsp3) is 0.333. The Kier molecular flexibility index (Phi) is 3.79. The van der Waals surface area contributed by atoms with Gasteiger partial charge in [0.05, 0.1) is 0 Å². The van der Waals surface area contributed by atoms with Crippen LogP contribution in [-0.4, -0.2) is 29.4 Å². The lowest BCUT2D eigenvalue weighted by Gasteiger charge is -2.20. The SMILES string of the molecule is CNc1nc(N)c(C(=O)N2CCCc3ccccc3C2)s1. The van der Waals surface area contributed by atoms with Crippen molar-refractivity contribution in [1.29, 1.82) is 0 Å². The number of nitrogen functional groups attached to an aromatic ring is 1. The molecule has 0 aliphatic carbocycles. The van der Waals surface area contributed by atoms with Gasteiger partial charge in [0, 0.05) is 20.1 Å². The molecule has 1 aromatic carbocycles. The summed E-state index contributed by atoms with van der Waals surface area (Å²) in [6.07, 6.45) is 1.99. The van der Waals surface area contributed by atoms with Gasteiger partial charge in [-0.25, -0.2) is 4.98 Å². The summed E-state index contributed by atoms with van der Waals surface area (Å²) >= 11 is 1.31. The Morgan fingerprint density at radius 3 is 2.86 bits per heavy atom. The zero-order valence-corrected chi connectivity index (χ0v) is 12.7. The van der Waals surface area contributed by atoms with Crippen LogP contribution in [-0.2, 0) is 13.0 Å². The highest BCUT2D eigenvalue weighted by Crippen LogP contribution is 2.28. The Bertz CT molecular complexity index is 667. The van der Waals surface area contributed by atoms with Crippen molar-refractivity contribution < 1.29 is 4.79 Å².